The highest BCUT2D eigenvalue weighted by Crippen LogP contribution is 2.29. The summed E-state index contributed by atoms with van der Waals surface area (Å²) in [5, 5.41) is 3.19. The van der Waals surface area contributed by atoms with E-state index in [1.165, 1.54) is 0 Å². The topological polar surface area (TPSA) is 41.6 Å². The lowest BCUT2D eigenvalue weighted by molar-refractivity contribution is -0.144. The molecule has 0 aromatic carbocycles. The third kappa shape index (κ3) is 2.49. The van der Waals surface area contributed by atoms with Crippen molar-refractivity contribution in [2.45, 2.75) is 26.4 Å². The second kappa shape index (κ2) is 4.10. The molecule has 0 bridgehead atoms. The molecule has 1 atom stereocenters. The summed E-state index contributed by atoms with van der Waals surface area (Å²) in [5.41, 5.74) is 0.276. The number of nitrogens with zero attached hydrogens (tertiary/aromatic N) is 1. The average Bonchev–Trinajstić information content (AvgIpc) is 2.59. The highest BCUT2D eigenvalue weighted by atomic mass is 16.5. The number of hydrogen-bond donors (Lipinski definition) is 1. The molecule has 0 aromatic rings. The molecule has 4 nitrogen and oxygen atoms in total. The fraction of sp³-hybridized carbons (Fsp3) is 0.909. The number of carbonyl (C=O) groups excluding carboxylic acids is 1. The molecular formula is C11H20N2O2. The van der Waals surface area contributed by atoms with Gasteiger partial charge in [0.25, 0.3) is 5.91 Å². The van der Waals surface area contributed by atoms with E-state index in [9.17, 15) is 4.79 Å². The summed E-state index contributed by atoms with van der Waals surface area (Å²) in [4.78, 5) is 14.0. The molecule has 0 aliphatic carbocycles. The average molecular weight is 212 g/mol. The van der Waals surface area contributed by atoms with E-state index >= 15 is 0 Å². The molecule has 2 aliphatic rings. The zero-order chi connectivity index (χ0) is 10.9. The second-order valence-electron chi connectivity index (χ2n) is 5.24. The van der Waals surface area contributed by atoms with E-state index < -0.39 is 0 Å². The molecule has 2 rings (SSSR count). The molecular weight excluding hydrogens is 192 g/mol. The van der Waals surface area contributed by atoms with Crippen LogP contribution in [-0.4, -0.2) is 49.7 Å². The maximum absolute atomic E-state index is 12.0. The lowest BCUT2D eigenvalue weighted by Crippen LogP contribution is -2.49. The number of rotatable bonds is 1. The minimum absolute atomic E-state index is 0.160. The Balaban J connectivity index is 1.90. The van der Waals surface area contributed by atoms with Crippen molar-refractivity contribution < 1.29 is 9.53 Å². The summed E-state index contributed by atoms with van der Waals surface area (Å²) in [6.07, 6.45) is 0.839. The Kier molecular flexibility index (Phi) is 2.98. The van der Waals surface area contributed by atoms with Crippen molar-refractivity contribution >= 4 is 5.91 Å². The van der Waals surface area contributed by atoms with E-state index in [1.54, 1.807) is 0 Å². The molecule has 0 spiro atoms. The predicted octanol–water partition coefficient (Wildman–Crippen LogP) is 0.233. The minimum atomic E-state index is -0.257. The number of likely N-dealkylation sites (tertiary alicyclic amines) is 1. The largest absolute Gasteiger partial charge is 0.366 e. The van der Waals surface area contributed by atoms with Gasteiger partial charge in [0.05, 0.1) is 6.61 Å². The summed E-state index contributed by atoms with van der Waals surface area (Å²) in [6, 6.07) is 0. The number of morpholine rings is 1. The first kappa shape index (κ1) is 10.9. The van der Waals surface area contributed by atoms with Crippen molar-refractivity contribution in [1.82, 2.24) is 10.2 Å². The van der Waals surface area contributed by atoms with Crippen LogP contribution < -0.4 is 5.32 Å². The second-order valence-corrected chi connectivity index (χ2v) is 5.24. The molecule has 0 unspecified atom stereocenters. The van der Waals surface area contributed by atoms with Gasteiger partial charge in [-0.15, -0.1) is 0 Å². The molecule has 86 valence electrons. The highest BCUT2D eigenvalue weighted by Gasteiger charge is 2.35. The number of ether oxygens (including phenoxy) is 1. The molecule has 2 saturated heterocycles. The number of amides is 1. The molecule has 2 aliphatic heterocycles. The SMILES string of the molecule is CC1(C)CCN(C(=O)[C@@H]2CNCCO2)C1. The molecule has 1 amide bonds. The van der Waals surface area contributed by atoms with Crippen LogP contribution in [0, 0.1) is 5.41 Å². The summed E-state index contributed by atoms with van der Waals surface area (Å²) < 4.78 is 5.47. The maximum Gasteiger partial charge on any atom is 0.253 e. The van der Waals surface area contributed by atoms with E-state index in [1.807, 2.05) is 4.90 Å². The Morgan fingerprint density at radius 1 is 1.53 bits per heavy atom. The zero-order valence-corrected chi connectivity index (χ0v) is 9.58. The summed E-state index contributed by atoms with van der Waals surface area (Å²) in [6.45, 7) is 8.33. The van der Waals surface area contributed by atoms with E-state index in [0.29, 0.717) is 13.2 Å². The van der Waals surface area contributed by atoms with Crippen LogP contribution in [0.1, 0.15) is 20.3 Å². The fourth-order valence-electron chi connectivity index (χ4n) is 2.23. The standard InChI is InChI=1S/C11H20N2O2/c1-11(2)3-5-13(8-11)10(14)9-7-12-4-6-15-9/h9,12H,3-8H2,1-2H3/t9-/m0/s1. The van der Waals surface area contributed by atoms with Gasteiger partial charge in [-0.2, -0.15) is 0 Å². The molecule has 0 saturated carbocycles. The van der Waals surface area contributed by atoms with Crippen molar-refractivity contribution in [2.24, 2.45) is 5.41 Å². The van der Waals surface area contributed by atoms with E-state index in [-0.39, 0.29) is 17.4 Å². The third-order valence-corrected chi connectivity index (χ3v) is 3.19. The Hall–Kier alpha value is -0.610. The van der Waals surface area contributed by atoms with Gasteiger partial charge < -0.3 is 15.0 Å². The summed E-state index contributed by atoms with van der Waals surface area (Å²) >= 11 is 0. The van der Waals surface area contributed by atoms with Crippen LogP contribution in [0.5, 0.6) is 0 Å². The fourth-order valence-corrected chi connectivity index (χ4v) is 2.23. The monoisotopic (exact) mass is 212 g/mol. The first-order chi connectivity index (χ1) is 7.08. The molecule has 0 aromatic heterocycles. The van der Waals surface area contributed by atoms with Gasteiger partial charge in [0.15, 0.2) is 0 Å². The van der Waals surface area contributed by atoms with Crippen molar-refractivity contribution in [3.63, 3.8) is 0 Å². The van der Waals surface area contributed by atoms with E-state index in [4.69, 9.17) is 4.74 Å². The quantitative estimate of drug-likeness (QED) is 0.676. The summed E-state index contributed by atoms with van der Waals surface area (Å²) in [7, 11) is 0. The van der Waals surface area contributed by atoms with Gasteiger partial charge in [0, 0.05) is 26.2 Å². The molecule has 2 heterocycles. The Bertz CT molecular complexity index is 247. The normalized spacial score (nSPS) is 30.5. The maximum atomic E-state index is 12.0. The van der Waals surface area contributed by atoms with Crippen molar-refractivity contribution in [3.05, 3.63) is 0 Å². The van der Waals surface area contributed by atoms with Crippen molar-refractivity contribution in [2.75, 3.05) is 32.8 Å². The van der Waals surface area contributed by atoms with Crippen LogP contribution in [0.15, 0.2) is 0 Å². The van der Waals surface area contributed by atoms with Crippen LogP contribution in [0.25, 0.3) is 0 Å². The van der Waals surface area contributed by atoms with Crippen molar-refractivity contribution in [3.8, 4) is 0 Å². The Morgan fingerprint density at radius 3 is 2.87 bits per heavy atom. The lowest BCUT2D eigenvalue weighted by Gasteiger charge is -2.28. The van der Waals surface area contributed by atoms with Gasteiger partial charge in [-0.3, -0.25) is 4.79 Å². The molecule has 2 fully saturated rings. The molecule has 0 radical (unpaired) electrons. The highest BCUT2D eigenvalue weighted by molar-refractivity contribution is 5.81. The first-order valence-corrected chi connectivity index (χ1v) is 5.70. The number of nitrogens with one attached hydrogen (secondary N) is 1. The summed E-state index contributed by atoms with van der Waals surface area (Å²) in [5.74, 6) is 0.160. The third-order valence-electron chi connectivity index (χ3n) is 3.19. The molecule has 4 heteroatoms. The molecule has 1 N–H and O–H groups in total. The van der Waals surface area contributed by atoms with Gasteiger partial charge in [0.2, 0.25) is 0 Å². The van der Waals surface area contributed by atoms with Gasteiger partial charge in [-0.05, 0) is 11.8 Å². The first-order valence-electron chi connectivity index (χ1n) is 5.70. The minimum Gasteiger partial charge on any atom is -0.366 e. The smallest absolute Gasteiger partial charge is 0.253 e. The van der Waals surface area contributed by atoms with Crippen molar-refractivity contribution in [1.29, 1.82) is 0 Å². The van der Waals surface area contributed by atoms with Gasteiger partial charge in [-0.1, -0.05) is 13.8 Å². The van der Waals surface area contributed by atoms with Crippen LogP contribution in [0.4, 0.5) is 0 Å². The van der Waals surface area contributed by atoms with E-state index in [0.717, 1.165) is 26.1 Å². The van der Waals surface area contributed by atoms with Gasteiger partial charge >= 0.3 is 0 Å². The van der Waals surface area contributed by atoms with Gasteiger partial charge in [0.1, 0.15) is 6.10 Å². The Morgan fingerprint density at radius 2 is 2.33 bits per heavy atom. The predicted molar refractivity (Wildman–Crippen MR) is 57.6 cm³/mol. The van der Waals surface area contributed by atoms with Crippen LogP contribution >= 0.6 is 0 Å². The number of carbonyl (C=O) groups is 1. The Labute approximate surface area is 91.0 Å². The zero-order valence-electron chi connectivity index (χ0n) is 9.58. The van der Waals surface area contributed by atoms with Crippen LogP contribution in [0.3, 0.4) is 0 Å². The molecule has 15 heavy (non-hydrogen) atoms. The lowest BCUT2D eigenvalue weighted by atomic mass is 9.93. The number of hydrogen-bond acceptors (Lipinski definition) is 3. The van der Waals surface area contributed by atoms with Crippen LogP contribution in [-0.2, 0) is 9.53 Å². The van der Waals surface area contributed by atoms with Crippen LogP contribution in [0.2, 0.25) is 0 Å². The van der Waals surface area contributed by atoms with E-state index in [2.05, 4.69) is 19.2 Å². The van der Waals surface area contributed by atoms with Gasteiger partial charge in [-0.25, -0.2) is 0 Å².